The molecule has 0 radical (unpaired) electrons. The number of unbranched alkanes of at least 4 members (excludes halogenated alkanes) is 1. The van der Waals surface area contributed by atoms with Crippen LogP contribution < -0.4 is 0 Å². The van der Waals surface area contributed by atoms with E-state index in [4.69, 9.17) is 0 Å². The molecule has 0 aliphatic carbocycles. The molecule has 0 nitrogen and oxygen atoms in total. The second-order valence-corrected chi connectivity index (χ2v) is 3.47. The molecule has 0 unspecified atom stereocenters. The molecule has 12 heavy (non-hydrogen) atoms. The third-order valence-electron chi connectivity index (χ3n) is 1.43. The zero-order valence-corrected chi connectivity index (χ0v) is 8.86. The molecule has 0 atom stereocenters. The Morgan fingerprint density at radius 3 is 2.75 bits per heavy atom. The third kappa shape index (κ3) is 6.29. The molecule has 0 saturated heterocycles. The Kier molecular flexibility index (Phi) is 8.35. The van der Waals surface area contributed by atoms with Crippen molar-refractivity contribution >= 4 is 11.8 Å². The molecular formula is C11H18S. The first-order chi connectivity index (χ1) is 5.85. The topological polar surface area (TPSA) is 0 Å². The van der Waals surface area contributed by atoms with Crippen molar-refractivity contribution in [3.8, 4) is 0 Å². The van der Waals surface area contributed by atoms with Gasteiger partial charge in [0.2, 0.25) is 0 Å². The van der Waals surface area contributed by atoms with E-state index in [2.05, 4.69) is 38.0 Å². The lowest BCUT2D eigenvalue weighted by Crippen LogP contribution is -1.81. The summed E-state index contributed by atoms with van der Waals surface area (Å²) in [6, 6.07) is 0. The highest BCUT2D eigenvalue weighted by atomic mass is 32.2. The summed E-state index contributed by atoms with van der Waals surface area (Å²) in [4.78, 5) is 0. The Morgan fingerprint density at radius 2 is 2.25 bits per heavy atom. The average molecular weight is 182 g/mol. The highest BCUT2D eigenvalue weighted by Gasteiger charge is 1.87. The summed E-state index contributed by atoms with van der Waals surface area (Å²) in [6.07, 6.45) is 12.8. The van der Waals surface area contributed by atoms with Crippen LogP contribution in [0.15, 0.2) is 36.5 Å². The predicted molar refractivity (Wildman–Crippen MR) is 60.7 cm³/mol. The van der Waals surface area contributed by atoms with E-state index in [-0.39, 0.29) is 0 Å². The van der Waals surface area contributed by atoms with Gasteiger partial charge in [0.05, 0.1) is 0 Å². The number of hydrogen-bond acceptors (Lipinski definition) is 1. The lowest BCUT2D eigenvalue weighted by Gasteiger charge is -1.96. The van der Waals surface area contributed by atoms with Gasteiger partial charge in [-0.3, -0.25) is 0 Å². The first kappa shape index (κ1) is 11.6. The van der Waals surface area contributed by atoms with E-state index in [1.54, 1.807) is 0 Å². The minimum absolute atomic E-state index is 1.08. The van der Waals surface area contributed by atoms with E-state index in [0.717, 1.165) is 5.75 Å². The molecule has 0 N–H and O–H groups in total. The molecule has 0 spiro atoms. The van der Waals surface area contributed by atoms with Gasteiger partial charge in [-0.25, -0.2) is 0 Å². The molecule has 0 fully saturated rings. The van der Waals surface area contributed by atoms with Crippen LogP contribution >= 0.6 is 11.8 Å². The zero-order chi connectivity index (χ0) is 9.23. The van der Waals surface area contributed by atoms with Gasteiger partial charge >= 0.3 is 0 Å². The summed E-state index contributed by atoms with van der Waals surface area (Å²) in [6.45, 7) is 5.88. The maximum Gasteiger partial charge on any atom is 0.0181 e. The van der Waals surface area contributed by atoms with Crippen molar-refractivity contribution < 1.29 is 0 Å². The summed E-state index contributed by atoms with van der Waals surface area (Å²) in [5, 5.41) is 0. The Balaban J connectivity index is 3.94. The Hall–Kier alpha value is -0.430. The first-order valence-corrected chi connectivity index (χ1v) is 5.71. The van der Waals surface area contributed by atoms with E-state index >= 15 is 0 Å². The highest BCUT2D eigenvalue weighted by Crippen LogP contribution is 2.06. The Labute approximate surface area is 80.4 Å². The monoisotopic (exact) mass is 182 g/mol. The Bertz CT molecular complexity index is 166. The molecule has 1 heteroatoms. The molecule has 0 heterocycles. The van der Waals surface area contributed by atoms with E-state index < -0.39 is 0 Å². The molecule has 0 aliphatic heterocycles. The van der Waals surface area contributed by atoms with Crippen LogP contribution in [-0.4, -0.2) is 12.0 Å². The van der Waals surface area contributed by atoms with Crippen molar-refractivity contribution in [3.05, 3.63) is 36.5 Å². The van der Waals surface area contributed by atoms with Crippen molar-refractivity contribution in [2.45, 2.75) is 19.8 Å². The van der Waals surface area contributed by atoms with Crippen molar-refractivity contribution in [3.63, 3.8) is 0 Å². The van der Waals surface area contributed by atoms with Gasteiger partial charge < -0.3 is 0 Å². The van der Waals surface area contributed by atoms with Crippen LogP contribution in [0.2, 0.25) is 0 Å². The fourth-order valence-corrected chi connectivity index (χ4v) is 1.40. The molecule has 0 saturated carbocycles. The molecule has 0 rings (SSSR count). The summed E-state index contributed by atoms with van der Waals surface area (Å²) in [7, 11) is 0. The summed E-state index contributed by atoms with van der Waals surface area (Å²) < 4.78 is 0. The SMILES string of the molecule is C=C/C=C(\C=C/CCC)CSC. The van der Waals surface area contributed by atoms with Crippen molar-refractivity contribution in [1.82, 2.24) is 0 Å². The average Bonchev–Trinajstić information content (AvgIpc) is 2.06. The largest absolute Gasteiger partial charge is 0.161 e. The van der Waals surface area contributed by atoms with E-state index in [0.29, 0.717) is 0 Å². The lowest BCUT2D eigenvalue weighted by atomic mass is 10.2. The van der Waals surface area contributed by atoms with Gasteiger partial charge in [0.25, 0.3) is 0 Å². The van der Waals surface area contributed by atoms with Crippen LogP contribution in [0.1, 0.15) is 19.8 Å². The van der Waals surface area contributed by atoms with Gasteiger partial charge in [-0.05, 0) is 18.2 Å². The molecule has 0 amide bonds. The molecule has 0 aromatic heterocycles. The minimum atomic E-state index is 1.08. The van der Waals surface area contributed by atoms with Crippen LogP contribution in [0, 0.1) is 0 Å². The normalized spacial score (nSPS) is 12.3. The van der Waals surface area contributed by atoms with E-state index in [1.165, 1.54) is 18.4 Å². The molecule has 0 bridgehead atoms. The fourth-order valence-electron chi connectivity index (χ4n) is 0.871. The smallest absolute Gasteiger partial charge is 0.0181 e. The zero-order valence-electron chi connectivity index (χ0n) is 8.05. The van der Waals surface area contributed by atoms with Crippen LogP contribution in [0.25, 0.3) is 0 Å². The van der Waals surface area contributed by atoms with Crippen LogP contribution in [0.5, 0.6) is 0 Å². The standard InChI is InChI=1S/C11H18S/c1-4-6-7-9-11(8-5-2)10-12-3/h5,7-9H,2,4,6,10H2,1,3H3/b9-7-,11-8+. The maximum atomic E-state index is 3.69. The van der Waals surface area contributed by atoms with Gasteiger partial charge in [0.1, 0.15) is 0 Å². The second-order valence-electron chi connectivity index (χ2n) is 2.60. The second kappa shape index (κ2) is 8.66. The number of allylic oxidation sites excluding steroid dienone is 4. The number of rotatable bonds is 6. The number of thioether (sulfide) groups is 1. The molecule has 0 aliphatic rings. The fraction of sp³-hybridized carbons (Fsp3) is 0.455. The summed E-state index contributed by atoms with van der Waals surface area (Å²) in [5.41, 5.74) is 1.35. The quantitative estimate of drug-likeness (QED) is 0.563. The van der Waals surface area contributed by atoms with Crippen LogP contribution in [0.3, 0.4) is 0 Å². The molecular weight excluding hydrogens is 164 g/mol. The molecule has 0 aromatic rings. The third-order valence-corrected chi connectivity index (χ3v) is 2.05. The minimum Gasteiger partial charge on any atom is -0.161 e. The van der Waals surface area contributed by atoms with Crippen LogP contribution in [-0.2, 0) is 0 Å². The van der Waals surface area contributed by atoms with Crippen LogP contribution in [0.4, 0.5) is 0 Å². The summed E-state index contributed by atoms with van der Waals surface area (Å²) in [5.74, 6) is 1.08. The Morgan fingerprint density at radius 1 is 1.50 bits per heavy atom. The van der Waals surface area contributed by atoms with Gasteiger partial charge in [-0.2, -0.15) is 11.8 Å². The molecule has 68 valence electrons. The van der Waals surface area contributed by atoms with Gasteiger partial charge in [-0.1, -0.05) is 44.2 Å². The highest BCUT2D eigenvalue weighted by molar-refractivity contribution is 7.98. The summed E-state index contributed by atoms with van der Waals surface area (Å²) >= 11 is 1.84. The van der Waals surface area contributed by atoms with Crippen molar-refractivity contribution in [1.29, 1.82) is 0 Å². The predicted octanol–water partition coefficient (Wildman–Crippen LogP) is 3.82. The first-order valence-electron chi connectivity index (χ1n) is 4.32. The number of hydrogen-bond donors (Lipinski definition) is 0. The van der Waals surface area contributed by atoms with Gasteiger partial charge in [-0.15, -0.1) is 0 Å². The van der Waals surface area contributed by atoms with E-state index in [1.807, 2.05) is 17.8 Å². The maximum absolute atomic E-state index is 3.69. The van der Waals surface area contributed by atoms with Gasteiger partial charge in [0.15, 0.2) is 0 Å². The van der Waals surface area contributed by atoms with Crippen molar-refractivity contribution in [2.75, 3.05) is 12.0 Å². The van der Waals surface area contributed by atoms with Gasteiger partial charge in [0, 0.05) is 5.75 Å². The molecule has 0 aromatic carbocycles. The lowest BCUT2D eigenvalue weighted by molar-refractivity contribution is 0.958. The van der Waals surface area contributed by atoms with Crippen molar-refractivity contribution in [2.24, 2.45) is 0 Å². The van der Waals surface area contributed by atoms with E-state index in [9.17, 15) is 0 Å².